The van der Waals surface area contributed by atoms with Gasteiger partial charge in [0.2, 0.25) is 0 Å². The number of carbonyl (C=O) groups excluding carboxylic acids is 1. The number of nitrogens with zero attached hydrogens (tertiary/aromatic N) is 3. The molecule has 0 saturated carbocycles. The van der Waals surface area contributed by atoms with E-state index in [2.05, 4.69) is 40.8 Å². The number of aromatic nitrogens is 3. The van der Waals surface area contributed by atoms with Crippen LogP contribution in [0.4, 0.5) is 0 Å². The average Bonchev–Trinajstić information content (AvgIpc) is 3.16. The molecular weight excluding hydrogens is 388 g/mol. The normalized spacial score (nSPS) is 11.1. The number of carbonyl (C=O) groups is 1. The van der Waals surface area contributed by atoms with Gasteiger partial charge in [-0.2, -0.15) is 0 Å². The highest BCUT2D eigenvalue weighted by Gasteiger charge is 2.13. The number of hydrogen-bond donors (Lipinski definition) is 1. The Morgan fingerprint density at radius 3 is 2.61 bits per heavy atom. The van der Waals surface area contributed by atoms with Crippen LogP contribution in [0.1, 0.15) is 41.5 Å². The first-order valence-electron chi connectivity index (χ1n) is 10.5. The van der Waals surface area contributed by atoms with E-state index in [4.69, 9.17) is 9.72 Å². The van der Waals surface area contributed by atoms with Gasteiger partial charge >= 0.3 is 0 Å². The third-order valence-electron chi connectivity index (χ3n) is 5.19. The lowest BCUT2D eigenvalue weighted by Gasteiger charge is -2.12. The van der Waals surface area contributed by atoms with Gasteiger partial charge in [0.05, 0.1) is 29.7 Å². The van der Waals surface area contributed by atoms with Crippen molar-refractivity contribution in [2.45, 2.75) is 32.9 Å². The lowest BCUT2D eigenvalue weighted by molar-refractivity contribution is 0.0949. The average molecular weight is 415 g/mol. The Kier molecular flexibility index (Phi) is 6.26. The van der Waals surface area contributed by atoms with Crippen molar-refractivity contribution in [3.05, 3.63) is 90.0 Å². The van der Waals surface area contributed by atoms with E-state index in [0.29, 0.717) is 31.2 Å². The molecule has 0 fully saturated rings. The third kappa shape index (κ3) is 4.91. The number of benzene rings is 2. The van der Waals surface area contributed by atoms with E-state index in [1.165, 1.54) is 5.56 Å². The third-order valence-corrected chi connectivity index (χ3v) is 5.19. The molecule has 0 aliphatic carbocycles. The Bertz CT molecular complexity index is 1150. The quantitative estimate of drug-likeness (QED) is 0.459. The van der Waals surface area contributed by atoms with Gasteiger partial charge in [0.25, 0.3) is 5.91 Å². The topological polar surface area (TPSA) is 69.0 Å². The Morgan fingerprint density at radius 2 is 1.87 bits per heavy atom. The van der Waals surface area contributed by atoms with Crippen molar-refractivity contribution >= 4 is 16.9 Å². The van der Waals surface area contributed by atoms with Gasteiger partial charge in [-0.05, 0) is 47.9 Å². The van der Waals surface area contributed by atoms with E-state index in [0.717, 1.165) is 22.6 Å². The second kappa shape index (κ2) is 9.43. The summed E-state index contributed by atoms with van der Waals surface area (Å²) in [6, 6.07) is 19.7. The first kappa shape index (κ1) is 20.6. The van der Waals surface area contributed by atoms with E-state index in [1.807, 2.05) is 36.4 Å². The standard InChI is InChI=1S/C25H26N4O2/c1-18(2)19-9-11-21(12-10-19)31-15-14-29-23-8-4-3-7-22(23)28-24(29)17-27-25(30)20-6-5-13-26-16-20/h3-13,16,18H,14-15,17H2,1-2H3,(H,27,30). The maximum atomic E-state index is 12.4. The lowest BCUT2D eigenvalue weighted by atomic mass is 10.0. The van der Waals surface area contributed by atoms with Crippen LogP contribution in [0.2, 0.25) is 0 Å². The molecule has 0 aliphatic heterocycles. The van der Waals surface area contributed by atoms with E-state index >= 15 is 0 Å². The number of hydrogen-bond acceptors (Lipinski definition) is 4. The predicted molar refractivity (Wildman–Crippen MR) is 121 cm³/mol. The summed E-state index contributed by atoms with van der Waals surface area (Å²) in [6.07, 6.45) is 3.20. The molecule has 31 heavy (non-hydrogen) atoms. The first-order chi connectivity index (χ1) is 15.1. The van der Waals surface area contributed by atoms with Gasteiger partial charge in [0, 0.05) is 12.4 Å². The fourth-order valence-corrected chi connectivity index (χ4v) is 3.47. The van der Waals surface area contributed by atoms with Crippen LogP contribution in [-0.2, 0) is 13.1 Å². The monoisotopic (exact) mass is 414 g/mol. The Morgan fingerprint density at radius 1 is 1.06 bits per heavy atom. The van der Waals surface area contributed by atoms with Crippen LogP contribution in [0, 0.1) is 0 Å². The number of fused-ring (bicyclic) bond motifs is 1. The van der Waals surface area contributed by atoms with Crippen LogP contribution in [-0.4, -0.2) is 27.0 Å². The van der Waals surface area contributed by atoms with E-state index in [9.17, 15) is 4.79 Å². The van der Waals surface area contributed by atoms with Crippen LogP contribution in [0.25, 0.3) is 11.0 Å². The van der Waals surface area contributed by atoms with E-state index < -0.39 is 0 Å². The molecule has 0 unspecified atom stereocenters. The lowest BCUT2D eigenvalue weighted by Crippen LogP contribution is -2.25. The molecule has 6 nitrogen and oxygen atoms in total. The van der Waals surface area contributed by atoms with E-state index in [1.54, 1.807) is 24.5 Å². The number of ether oxygens (including phenoxy) is 1. The zero-order valence-electron chi connectivity index (χ0n) is 17.8. The van der Waals surface area contributed by atoms with Gasteiger partial charge in [-0.1, -0.05) is 38.1 Å². The SMILES string of the molecule is CC(C)c1ccc(OCCn2c(CNC(=O)c3cccnc3)nc3ccccc32)cc1. The second-order valence-electron chi connectivity index (χ2n) is 7.66. The Balaban J connectivity index is 1.45. The molecule has 0 saturated heterocycles. The van der Waals surface area contributed by atoms with Crippen LogP contribution >= 0.6 is 0 Å². The van der Waals surface area contributed by atoms with Crippen molar-refractivity contribution in [3.63, 3.8) is 0 Å². The summed E-state index contributed by atoms with van der Waals surface area (Å²) in [5, 5.41) is 2.94. The van der Waals surface area contributed by atoms with Crippen LogP contribution < -0.4 is 10.1 Å². The van der Waals surface area contributed by atoms with Crippen molar-refractivity contribution in [1.29, 1.82) is 0 Å². The second-order valence-corrected chi connectivity index (χ2v) is 7.66. The van der Waals surface area contributed by atoms with Crippen molar-refractivity contribution in [3.8, 4) is 5.75 Å². The summed E-state index contributed by atoms with van der Waals surface area (Å²) < 4.78 is 8.07. The minimum atomic E-state index is -0.173. The number of rotatable bonds is 8. The fourth-order valence-electron chi connectivity index (χ4n) is 3.47. The zero-order chi connectivity index (χ0) is 21.6. The van der Waals surface area contributed by atoms with Crippen LogP contribution in [0.5, 0.6) is 5.75 Å². The Labute approximate surface area is 181 Å². The first-order valence-corrected chi connectivity index (χ1v) is 10.5. The van der Waals surface area contributed by atoms with Gasteiger partial charge in [0.1, 0.15) is 18.2 Å². The molecular formula is C25H26N4O2. The number of pyridine rings is 1. The maximum Gasteiger partial charge on any atom is 0.253 e. The predicted octanol–water partition coefficient (Wildman–Crippen LogP) is 4.56. The molecule has 0 bridgehead atoms. The summed E-state index contributed by atoms with van der Waals surface area (Å²) in [7, 11) is 0. The summed E-state index contributed by atoms with van der Waals surface area (Å²) in [6.45, 7) is 5.81. The van der Waals surface area contributed by atoms with Crippen molar-refractivity contribution < 1.29 is 9.53 Å². The van der Waals surface area contributed by atoms with Gasteiger partial charge in [-0.25, -0.2) is 4.98 Å². The highest BCUT2D eigenvalue weighted by molar-refractivity contribution is 5.93. The molecule has 0 radical (unpaired) electrons. The molecule has 158 valence electrons. The summed E-state index contributed by atoms with van der Waals surface area (Å²) >= 11 is 0. The molecule has 4 rings (SSSR count). The maximum absolute atomic E-state index is 12.4. The van der Waals surface area contributed by atoms with E-state index in [-0.39, 0.29) is 5.91 Å². The van der Waals surface area contributed by atoms with Crippen LogP contribution in [0.3, 0.4) is 0 Å². The van der Waals surface area contributed by atoms with Crippen molar-refractivity contribution in [2.75, 3.05) is 6.61 Å². The van der Waals surface area contributed by atoms with Gasteiger partial charge in [-0.3, -0.25) is 9.78 Å². The number of nitrogens with one attached hydrogen (secondary N) is 1. The number of para-hydroxylation sites is 2. The minimum Gasteiger partial charge on any atom is -0.492 e. The summed E-state index contributed by atoms with van der Waals surface area (Å²) in [4.78, 5) is 21.1. The van der Waals surface area contributed by atoms with Crippen LogP contribution in [0.15, 0.2) is 73.1 Å². The molecule has 2 heterocycles. The molecule has 0 spiro atoms. The molecule has 6 heteroatoms. The van der Waals surface area contributed by atoms with Gasteiger partial charge in [0.15, 0.2) is 0 Å². The van der Waals surface area contributed by atoms with Crippen molar-refractivity contribution in [1.82, 2.24) is 19.9 Å². The highest BCUT2D eigenvalue weighted by atomic mass is 16.5. The summed E-state index contributed by atoms with van der Waals surface area (Å²) in [5.74, 6) is 1.96. The molecule has 0 atom stereocenters. The Hall–Kier alpha value is -3.67. The number of imidazole rings is 1. The molecule has 0 aliphatic rings. The van der Waals surface area contributed by atoms with Gasteiger partial charge < -0.3 is 14.6 Å². The molecule has 1 amide bonds. The number of amides is 1. The fraction of sp³-hybridized carbons (Fsp3) is 0.240. The highest BCUT2D eigenvalue weighted by Crippen LogP contribution is 2.20. The summed E-state index contributed by atoms with van der Waals surface area (Å²) in [5.41, 5.74) is 3.74. The molecule has 2 aromatic carbocycles. The van der Waals surface area contributed by atoms with Gasteiger partial charge in [-0.15, -0.1) is 0 Å². The molecule has 4 aromatic rings. The largest absolute Gasteiger partial charge is 0.492 e. The van der Waals surface area contributed by atoms with Crippen molar-refractivity contribution in [2.24, 2.45) is 0 Å². The smallest absolute Gasteiger partial charge is 0.253 e. The molecule has 1 N–H and O–H groups in total. The molecule has 2 aromatic heterocycles. The minimum absolute atomic E-state index is 0.173. The zero-order valence-corrected chi connectivity index (χ0v) is 17.8.